The number of aromatic nitrogens is 1. The van der Waals surface area contributed by atoms with Crippen molar-refractivity contribution in [1.82, 2.24) is 9.47 Å². The summed E-state index contributed by atoms with van der Waals surface area (Å²) >= 11 is 0. The average molecular weight is 300 g/mol. The van der Waals surface area contributed by atoms with Crippen molar-refractivity contribution in [3.63, 3.8) is 0 Å². The number of nitrogens with zero attached hydrogens (tertiary/aromatic N) is 2. The van der Waals surface area contributed by atoms with Gasteiger partial charge in [-0.3, -0.25) is 4.79 Å². The molecule has 0 aliphatic rings. The number of methoxy groups -OCH3 is 1. The minimum Gasteiger partial charge on any atom is -0.497 e. The van der Waals surface area contributed by atoms with Crippen LogP contribution in [0.15, 0.2) is 42.6 Å². The lowest BCUT2D eigenvalue weighted by molar-refractivity contribution is 0.0673. The molecule has 118 valence electrons. The van der Waals surface area contributed by atoms with Gasteiger partial charge >= 0.3 is 0 Å². The van der Waals surface area contributed by atoms with Crippen molar-refractivity contribution in [2.24, 2.45) is 7.05 Å². The van der Waals surface area contributed by atoms with E-state index in [0.717, 1.165) is 17.7 Å². The van der Waals surface area contributed by atoms with Crippen LogP contribution in [0.2, 0.25) is 0 Å². The van der Waals surface area contributed by atoms with Crippen molar-refractivity contribution in [1.29, 1.82) is 0 Å². The Kier molecular flexibility index (Phi) is 5.26. The summed E-state index contributed by atoms with van der Waals surface area (Å²) in [6.07, 6.45) is 2.77. The zero-order chi connectivity index (χ0) is 16.1. The summed E-state index contributed by atoms with van der Waals surface area (Å²) in [4.78, 5) is 14.8. The van der Waals surface area contributed by atoms with Gasteiger partial charge in [0.2, 0.25) is 0 Å². The number of benzene rings is 1. The van der Waals surface area contributed by atoms with Gasteiger partial charge in [0.1, 0.15) is 11.4 Å². The molecule has 0 aliphatic carbocycles. The third-order valence-electron chi connectivity index (χ3n) is 4.03. The molecule has 1 atom stereocenters. The Labute approximate surface area is 132 Å². The van der Waals surface area contributed by atoms with Crippen molar-refractivity contribution in [3.8, 4) is 5.75 Å². The maximum Gasteiger partial charge on any atom is 0.270 e. The lowest BCUT2D eigenvalue weighted by Gasteiger charge is -2.31. The molecule has 0 saturated heterocycles. The van der Waals surface area contributed by atoms with Crippen LogP contribution in [0.5, 0.6) is 5.75 Å². The molecule has 0 fully saturated rings. The second-order valence-corrected chi connectivity index (χ2v) is 5.29. The van der Waals surface area contributed by atoms with Crippen LogP contribution >= 0.6 is 0 Å². The molecule has 1 heterocycles. The monoisotopic (exact) mass is 300 g/mol. The van der Waals surface area contributed by atoms with Gasteiger partial charge in [0.25, 0.3) is 5.91 Å². The van der Waals surface area contributed by atoms with Crippen LogP contribution in [-0.4, -0.2) is 29.0 Å². The van der Waals surface area contributed by atoms with E-state index in [1.807, 2.05) is 66.0 Å². The van der Waals surface area contributed by atoms with Crippen molar-refractivity contribution >= 4 is 5.91 Å². The molecule has 0 N–H and O–H groups in total. The number of aryl methyl sites for hydroxylation is 1. The van der Waals surface area contributed by atoms with E-state index in [0.29, 0.717) is 12.2 Å². The van der Waals surface area contributed by atoms with Gasteiger partial charge in [0.05, 0.1) is 13.2 Å². The molecule has 1 unspecified atom stereocenters. The Morgan fingerprint density at radius 3 is 2.36 bits per heavy atom. The van der Waals surface area contributed by atoms with Crippen LogP contribution in [0.3, 0.4) is 0 Å². The first kappa shape index (κ1) is 16.1. The first-order chi connectivity index (χ1) is 10.6. The molecule has 4 nitrogen and oxygen atoms in total. The van der Waals surface area contributed by atoms with Crippen molar-refractivity contribution < 1.29 is 9.53 Å². The van der Waals surface area contributed by atoms with Crippen LogP contribution in [0.25, 0.3) is 0 Å². The predicted octanol–water partition coefficient (Wildman–Crippen LogP) is 3.65. The van der Waals surface area contributed by atoms with E-state index in [2.05, 4.69) is 6.92 Å². The van der Waals surface area contributed by atoms with Gasteiger partial charge in [-0.25, -0.2) is 0 Å². The normalized spacial score (nSPS) is 12.0. The molecule has 0 radical (unpaired) electrons. The quantitative estimate of drug-likeness (QED) is 0.816. The molecule has 0 saturated carbocycles. The summed E-state index contributed by atoms with van der Waals surface area (Å²) in [5.41, 5.74) is 1.85. The smallest absolute Gasteiger partial charge is 0.270 e. The van der Waals surface area contributed by atoms with E-state index in [4.69, 9.17) is 4.74 Å². The summed E-state index contributed by atoms with van der Waals surface area (Å²) in [6.45, 7) is 4.80. The number of hydrogen-bond donors (Lipinski definition) is 0. The number of ether oxygens (including phenoxy) is 1. The highest BCUT2D eigenvalue weighted by molar-refractivity contribution is 5.93. The average Bonchev–Trinajstić information content (AvgIpc) is 2.98. The van der Waals surface area contributed by atoms with E-state index >= 15 is 0 Å². The first-order valence-electron chi connectivity index (χ1n) is 7.68. The highest BCUT2D eigenvalue weighted by Crippen LogP contribution is 2.27. The van der Waals surface area contributed by atoms with Gasteiger partial charge in [-0.05, 0) is 43.2 Å². The predicted molar refractivity (Wildman–Crippen MR) is 88.1 cm³/mol. The topological polar surface area (TPSA) is 34.5 Å². The Hall–Kier alpha value is -2.23. The van der Waals surface area contributed by atoms with Gasteiger partial charge in [0.15, 0.2) is 0 Å². The Balaban J connectivity index is 2.29. The molecule has 22 heavy (non-hydrogen) atoms. The van der Waals surface area contributed by atoms with Gasteiger partial charge in [-0.15, -0.1) is 0 Å². The lowest BCUT2D eigenvalue weighted by Crippen LogP contribution is -2.35. The van der Waals surface area contributed by atoms with Gasteiger partial charge < -0.3 is 14.2 Å². The fourth-order valence-corrected chi connectivity index (χ4v) is 2.80. The van der Waals surface area contributed by atoms with Crippen molar-refractivity contribution in [2.45, 2.75) is 26.3 Å². The second kappa shape index (κ2) is 7.16. The molecule has 1 aromatic heterocycles. The number of hydrogen-bond acceptors (Lipinski definition) is 2. The van der Waals surface area contributed by atoms with Crippen LogP contribution in [0, 0.1) is 0 Å². The van der Waals surface area contributed by atoms with Crippen LogP contribution in [0.1, 0.15) is 42.4 Å². The number of rotatable bonds is 6. The largest absolute Gasteiger partial charge is 0.497 e. The van der Waals surface area contributed by atoms with Crippen molar-refractivity contribution in [2.75, 3.05) is 13.7 Å². The molecule has 0 spiro atoms. The van der Waals surface area contributed by atoms with Crippen LogP contribution < -0.4 is 4.74 Å². The lowest BCUT2D eigenvalue weighted by atomic mass is 10.0. The van der Waals surface area contributed by atoms with Crippen LogP contribution in [0.4, 0.5) is 0 Å². The maximum absolute atomic E-state index is 12.8. The molecule has 1 amide bonds. The summed E-state index contributed by atoms with van der Waals surface area (Å²) in [7, 11) is 3.55. The zero-order valence-electron chi connectivity index (χ0n) is 13.7. The van der Waals surface area contributed by atoms with E-state index in [9.17, 15) is 4.79 Å². The summed E-state index contributed by atoms with van der Waals surface area (Å²) in [6, 6.07) is 11.8. The third-order valence-corrected chi connectivity index (χ3v) is 4.03. The molecule has 2 aromatic rings. The zero-order valence-corrected chi connectivity index (χ0v) is 13.7. The Morgan fingerprint density at radius 2 is 1.91 bits per heavy atom. The fraction of sp³-hybridized carbons (Fsp3) is 0.389. The minimum atomic E-state index is 0.0673. The molecule has 2 rings (SSSR count). The van der Waals surface area contributed by atoms with Crippen molar-refractivity contribution in [3.05, 3.63) is 53.9 Å². The standard InChI is InChI=1S/C18H24N2O2/c1-5-16(14-9-11-15(22-4)12-10-14)20(6-2)18(21)17-8-7-13-19(17)3/h7-13,16H,5-6H2,1-4H3. The molecule has 0 aliphatic heterocycles. The summed E-state index contributed by atoms with van der Waals surface area (Å²) in [5.74, 6) is 0.896. The Morgan fingerprint density at radius 1 is 1.23 bits per heavy atom. The van der Waals surface area contributed by atoms with Gasteiger partial charge in [-0.2, -0.15) is 0 Å². The molecular formula is C18H24N2O2. The molecule has 4 heteroatoms. The molecule has 0 bridgehead atoms. The fourth-order valence-electron chi connectivity index (χ4n) is 2.80. The maximum atomic E-state index is 12.8. The highest BCUT2D eigenvalue weighted by atomic mass is 16.5. The van der Waals surface area contributed by atoms with E-state index < -0.39 is 0 Å². The Bertz CT molecular complexity index is 616. The third kappa shape index (κ3) is 3.16. The van der Waals surface area contributed by atoms with E-state index in [-0.39, 0.29) is 11.9 Å². The number of amides is 1. The summed E-state index contributed by atoms with van der Waals surface area (Å²) < 4.78 is 7.07. The number of carbonyl (C=O) groups excluding carboxylic acids is 1. The van der Waals surface area contributed by atoms with Gasteiger partial charge in [-0.1, -0.05) is 19.1 Å². The van der Waals surface area contributed by atoms with Gasteiger partial charge in [0, 0.05) is 19.8 Å². The van der Waals surface area contributed by atoms with E-state index in [1.54, 1.807) is 7.11 Å². The SMILES string of the molecule is CCC(c1ccc(OC)cc1)N(CC)C(=O)c1cccn1C. The highest BCUT2D eigenvalue weighted by Gasteiger charge is 2.24. The molecule has 1 aromatic carbocycles. The molecular weight excluding hydrogens is 276 g/mol. The van der Waals surface area contributed by atoms with E-state index in [1.165, 1.54) is 0 Å². The first-order valence-corrected chi connectivity index (χ1v) is 7.68. The number of carbonyl (C=O) groups is 1. The minimum absolute atomic E-state index is 0.0673. The van der Waals surface area contributed by atoms with Crippen LogP contribution in [-0.2, 0) is 7.05 Å². The second-order valence-electron chi connectivity index (χ2n) is 5.29. The summed E-state index contributed by atoms with van der Waals surface area (Å²) in [5, 5.41) is 0.